The summed E-state index contributed by atoms with van der Waals surface area (Å²) in [7, 11) is 0. The zero-order valence-corrected chi connectivity index (χ0v) is 16.1. The summed E-state index contributed by atoms with van der Waals surface area (Å²) in [6.45, 7) is 1.02. The van der Waals surface area contributed by atoms with Crippen molar-refractivity contribution < 1.29 is 19.5 Å². The van der Waals surface area contributed by atoms with E-state index in [-0.39, 0.29) is 29.1 Å². The fourth-order valence-electron chi connectivity index (χ4n) is 3.01. The summed E-state index contributed by atoms with van der Waals surface area (Å²) in [5.74, 6) is -1.56. The smallest absolute Gasteiger partial charge is 0.337 e. The van der Waals surface area contributed by atoms with Crippen LogP contribution in [0.4, 0.5) is 0 Å². The van der Waals surface area contributed by atoms with Gasteiger partial charge in [-0.15, -0.1) is 12.8 Å². The van der Waals surface area contributed by atoms with Gasteiger partial charge < -0.3 is 15.3 Å². The molecule has 8 heteroatoms. The summed E-state index contributed by atoms with van der Waals surface area (Å²) in [5.41, 5.74) is 1.21. The molecule has 2 aromatic rings. The standard InChI is InChI=1S/C20H18N4O4.C2H2/c21-11-13-1-3-14(4-2-13)19(26)24-9-7-16(8-10-24)23-18(25)17-6-5-15(12-22-17)20(27)28;1-2/h1-6,12,16H,7-10H2,(H,23,25)(H,27,28);1-2H. The number of nitrogens with one attached hydrogen (secondary N) is 1. The maximum absolute atomic E-state index is 12.5. The number of carboxylic acids is 1. The maximum atomic E-state index is 12.5. The lowest BCUT2D eigenvalue weighted by Crippen LogP contribution is -2.46. The molecule has 0 unspecified atom stereocenters. The molecule has 2 N–H and O–H groups in total. The molecule has 1 aliphatic heterocycles. The summed E-state index contributed by atoms with van der Waals surface area (Å²) in [6.07, 6.45) is 10.4. The van der Waals surface area contributed by atoms with Crippen molar-refractivity contribution in [1.29, 1.82) is 5.26 Å². The number of carbonyl (C=O) groups excluding carboxylic acids is 2. The second-order valence-electron chi connectivity index (χ2n) is 6.47. The van der Waals surface area contributed by atoms with Gasteiger partial charge in [-0.2, -0.15) is 5.26 Å². The number of terminal acetylenes is 1. The largest absolute Gasteiger partial charge is 0.478 e. The molecule has 0 saturated carbocycles. The van der Waals surface area contributed by atoms with E-state index in [1.807, 2.05) is 6.07 Å². The van der Waals surface area contributed by atoms with E-state index in [0.29, 0.717) is 37.1 Å². The molecular weight excluding hydrogens is 384 g/mol. The number of nitrogens with zero attached hydrogens (tertiary/aromatic N) is 3. The molecule has 1 saturated heterocycles. The van der Waals surface area contributed by atoms with Gasteiger partial charge in [-0.1, -0.05) is 0 Å². The number of nitriles is 1. The molecule has 8 nitrogen and oxygen atoms in total. The maximum Gasteiger partial charge on any atom is 0.337 e. The van der Waals surface area contributed by atoms with Gasteiger partial charge in [-0.25, -0.2) is 4.79 Å². The Morgan fingerprint density at radius 2 is 1.67 bits per heavy atom. The minimum Gasteiger partial charge on any atom is -0.478 e. The van der Waals surface area contributed by atoms with Crippen LogP contribution in [0.2, 0.25) is 0 Å². The summed E-state index contributed by atoms with van der Waals surface area (Å²) >= 11 is 0. The first kappa shape index (κ1) is 22.1. The average molecular weight is 404 g/mol. The molecule has 1 aromatic heterocycles. The number of hydrogen-bond acceptors (Lipinski definition) is 5. The van der Waals surface area contributed by atoms with E-state index in [2.05, 4.69) is 23.1 Å². The van der Waals surface area contributed by atoms with Crippen molar-refractivity contribution in [2.45, 2.75) is 18.9 Å². The van der Waals surface area contributed by atoms with Crippen molar-refractivity contribution in [3.05, 3.63) is 65.0 Å². The van der Waals surface area contributed by atoms with Gasteiger partial charge >= 0.3 is 5.97 Å². The summed E-state index contributed by atoms with van der Waals surface area (Å²) < 4.78 is 0. The third kappa shape index (κ3) is 5.43. The van der Waals surface area contributed by atoms with Crippen LogP contribution in [-0.2, 0) is 0 Å². The first-order valence-electron chi connectivity index (χ1n) is 9.11. The predicted octanol–water partition coefficient (Wildman–Crippen LogP) is 1.94. The van der Waals surface area contributed by atoms with Gasteiger partial charge in [0, 0.05) is 30.9 Å². The lowest BCUT2D eigenvalue weighted by molar-refractivity contribution is 0.0684. The number of aromatic carboxylic acids is 1. The molecular formula is C22H20N4O4. The number of hydrogen-bond donors (Lipinski definition) is 2. The van der Waals surface area contributed by atoms with Crippen LogP contribution in [0.3, 0.4) is 0 Å². The van der Waals surface area contributed by atoms with Crippen molar-refractivity contribution in [2.75, 3.05) is 13.1 Å². The molecule has 0 radical (unpaired) electrons. The van der Waals surface area contributed by atoms with Gasteiger partial charge in [0.15, 0.2) is 0 Å². The van der Waals surface area contributed by atoms with Crippen LogP contribution in [-0.4, -0.2) is 51.9 Å². The summed E-state index contributed by atoms with van der Waals surface area (Å²) in [6, 6.07) is 11.2. The molecule has 0 aliphatic carbocycles. The van der Waals surface area contributed by atoms with E-state index >= 15 is 0 Å². The SMILES string of the molecule is C#C.N#Cc1ccc(C(=O)N2CCC(NC(=O)c3ccc(C(=O)O)cn3)CC2)cc1. The highest BCUT2D eigenvalue weighted by atomic mass is 16.4. The van der Waals surface area contributed by atoms with Crippen LogP contribution in [0.15, 0.2) is 42.6 Å². The number of carbonyl (C=O) groups is 3. The highest BCUT2D eigenvalue weighted by molar-refractivity contribution is 5.95. The summed E-state index contributed by atoms with van der Waals surface area (Å²) in [5, 5.41) is 20.6. The van der Waals surface area contributed by atoms with E-state index in [0.717, 1.165) is 6.20 Å². The van der Waals surface area contributed by atoms with Crippen molar-refractivity contribution in [3.63, 3.8) is 0 Å². The molecule has 1 aliphatic rings. The third-order valence-electron chi connectivity index (χ3n) is 4.62. The van der Waals surface area contributed by atoms with Gasteiger partial charge in [-0.05, 0) is 49.2 Å². The van der Waals surface area contributed by atoms with Crippen molar-refractivity contribution in [2.24, 2.45) is 0 Å². The number of rotatable bonds is 4. The second-order valence-corrected chi connectivity index (χ2v) is 6.47. The quantitative estimate of drug-likeness (QED) is 0.751. The normalized spacial score (nSPS) is 13.3. The number of aromatic nitrogens is 1. The second kappa shape index (κ2) is 10.4. The van der Waals surface area contributed by atoms with E-state index in [4.69, 9.17) is 10.4 Å². The molecule has 2 amide bonds. The molecule has 0 spiro atoms. The zero-order valence-electron chi connectivity index (χ0n) is 16.1. The van der Waals surface area contributed by atoms with E-state index in [1.54, 1.807) is 29.2 Å². The molecule has 152 valence electrons. The predicted molar refractivity (Wildman–Crippen MR) is 109 cm³/mol. The third-order valence-corrected chi connectivity index (χ3v) is 4.62. The van der Waals surface area contributed by atoms with Crippen LogP contribution in [0, 0.1) is 24.2 Å². The Kier molecular flexibility index (Phi) is 7.67. The number of amides is 2. The average Bonchev–Trinajstić information content (AvgIpc) is 2.80. The first-order chi connectivity index (χ1) is 14.5. The minimum atomic E-state index is -1.10. The number of benzene rings is 1. The molecule has 30 heavy (non-hydrogen) atoms. The van der Waals surface area contributed by atoms with Crippen LogP contribution in [0.25, 0.3) is 0 Å². The number of pyridine rings is 1. The highest BCUT2D eigenvalue weighted by Crippen LogP contribution is 2.15. The molecule has 3 rings (SSSR count). The van der Waals surface area contributed by atoms with Gasteiger partial charge in [0.2, 0.25) is 0 Å². The Bertz CT molecular complexity index is 967. The van der Waals surface area contributed by atoms with Crippen LogP contribution in [0.1, 0.15) is 49.6 Å². The van der Waals surface area contributed by atoms with Gasteiger partial charge in [0.1, 0.15) is 5.69 Å². The van der Waals surface area contributed by atoms with Gasteiger partial charge in [0.05, 0.1) is 17.2 Å². The van der Waals surface area contributed by atoms with Crippen LogP contribution >= 0.6 is 0 Å². The molecule has 2 heterocycles. The fraction of sp³-hybridized carbons (Fsp3) is 0.227. The van der Waals surface area contributed by atoms with Crippen LogP contribution < -0.4 is 5.32 Å². The number of piperidine rings is 1. The fourth-order valence-corrected chi connectivity index (χ4v) is 3.01. The lowest BCUT2D eigenvalue weighted by Gasteiger charge is -2.32. The minimum absolute atomic E-state index is 0.0196. The Labute approximate surface area is 174 Å². The Morgan fingerprint density at radius 3 is 2.17 bits per heavy atom. The Hall–Kier alpha value is -4.17. The van der Waals surface area contributed by atoms with E-state index in [9.17, 15) is 14.4 Å². The van der Waals surface area contributed by atoms with Crippen molar-refractivity contribution in [1.82, 2.24) is 15.2 Å². The Morgan fingerprint density at radius 1 is 1.07 bits per heavy atom. The van der Waals surface area contributed by atoms with Crippen molar-refractivity contribution in [3.8, 4) is 18.9 Å². The number of carboxylic acid groups (broad SMARTS) is 1. The number of likely N-dealkylation sites (tertiary alicyclic amines) is 1. The monoisotopic (exact) mass is 404 g/mol. The topological polar surface area (TPSA) is 123 Å². The summed E-state index contributed by atoms with van der Waals surface area (Å²) in [4.78, 5) is 41.2. The molecule has 0 atom stereocenters. The Balaban J connectivity index is 0.00000155. The molecule has 1 aromatic carbocycles. The highest BCUT2D eigenvalue weighted by Gasteiger charge is 2.25. The van der Waals surface area contributed by atoms with Gasteiger partial charge in [-0.3, -0.25) is 14.6 Å². The van der Waals surface area contributed by atoms with E-state index < -0.39 is 5.97 Å². The van der Waals surface area contributed by atoms with Crippen LogP contribution in [0.5, 0.6) is 0 Å². The lowest BCUT2D eigenvalue weighted by atomic mass is 10.0. The van der Waals surface area contributed by atoms with E-state index in [1.165, 1.54) is 12.1 Å². The van der Waals surface area contributed by atoms with Crippen molar-refractivity contribution >= 4 is 17.8 Å². The molecule has 1 fully saturated rings. The molecule has 0 bridgehead atoms. The van der Waals surface area contributed by atoms with Gasteiger partial charge in [0.25, 0.3) is 11.8 Å². The first-order valence-corrected chi connectivity index (χ1v) is 9.11. The zero-order chi connectivity index (χ0) is 22.1.